The third-order valence-electron chi connectivity index (χ3n) is 3.85. The number of rotatable bonds is 0. The largest absolute Gasteiger partial charge is 0.535 e. The van der Waals surface area contributed by atoms with Gasteiger partial charge in [-0.2, -0.15) is 0 Å². The fourth-order valence-electron chi connectivity index (χ4n) is 3.48. The average Bonchev–Trinajstić information content (AvgIpc) is 2.52. The summed E-state index contributed by atoms with van der Waals surface area (Å²) < 4.78 is 2.65. The van der Waals surface area contributed by atoms with Crippen molar-refractivity contribution >= 4 is 13.7 Å². The molecule has 1 aliphatic heterocycles. The van der Waals surface area contributed by atoms with Crippen molar-refractivity contribution in [1.29, 1.82) is 0 Å². The van der Waals surface area contributed by atoms with Gasteiger partial charge >= 0.3 is 0 Å². The van der Waals surface area contributed by atoms with Crippen LogP contribution in [0, 0.1) is 0 Å². The van der Waals surface area contributed by atoms with Crippen molar-refractivity contribution in [2.45, 2.75) is 52.7 Å². The molecule has 1 atom stereocenters. The summed E-state index contributed by atoms with van der Waals surface area (Å²) in [4.78, 5) is 0. The molecule has 85 valence electrons. The molecular weight excluding hydrogens is 271 g/mol. The zero-order valence-corrected chi connectivity index (χ0v) is 13.8. The van der Waals surface area contributed by atoms with Gasteiger partial charge in [0.05, 0.1) is 0 Å². The maximum atomic E-state index is 2.65. The summed E-state index contributed by atoms with van der Waals surface area (Å²) in [6.45, 7) is 15.1. The summed E-state index contributed by atoms with van der Waals surface area (Å²) in [5.41, 5.74) is 3.34. The molecule has 1 aliphatic carbocycles. The topological polar surface area (TPSA) is 3.24 Å². The Labute approximate surface area is 120 Å². The molecule has 0 aromatic rings. The molecule has 1 fully saturated rings. The molecule has 4 heteroatoms. The molecule has 0 aromatic carbocycles. The molecule has 1 saturated heterocycles. The number of fused-ring (bicyclic) bond motifs is 1. The minimum atomic E-state index is 0. The fraction of sp³-hybridized carbons (Fsp3) is 0.667. The van der Waals surface area contributed by atoms with Crippen LogP contribution >= 0.6 is 0 Å². The standard InChI is InChI=1S/C12H21B2N.Zr/c1-9-7-10-11(8-9)14(6)15(13(10)5)12(2,3)4;/h7-8,10H,1-6H3;/q-1;. The van der Waals surface area contributed by atoms with Crippen LogP contribution in [0.2, 0.25) is 19.5 Å². The van der Waals surface area contributed by atoms with Crippen LogP contribution in [0.25, 0.3) is 0 Å². The molecule has 0 saturated carbocycles. The first-order valence-corrected chi connectivity index (χ1v) is 6.00. The van der Waals surface area contributed by atoms with E-state index in [1.165, 1.54) is 5.57 Å². The van der Waals surface area contributed by atoms with E-state index in [2.05, 4.69) is 58.2 Å². The Morgan fingerprint density at radius 2 is 1.94 bits per heavy atom. The van der Waals surface area contributed by atoms with E-state index in [-0.39, 0.29) is 31.7 Å². The predicted molar refractivity (Wildman–Crippen MR) is 70.4 cm³/mol. The van der Waals surface area contributed by atoms with Crippen LogP contribution < -0.4 is 0 Å². The number of nitrogens with zero attached hydrogens (tertiary/aromatic N) is 1. The molecule has 16 heavy (non-hydrogen) atoms. The fourth-order valence-corrected chi connectivity index (χ4v) is 3.48. The summed E-state index contributed by atoms with van der Waals surface area (Å²) in [6.07, 6.45) is 4.82. The van der Waals surface area contributed by atoms with E-state index in [9.17, 15) is 0 Å². The van der Waals surface area contributed by atoms with Crippen molar-refractivity contribution in [3.63, 3.8) is 0 Å². The van der Waals surface area contributed by atoms with E-state index in [0.717, 1.165) is 0 Å². The van der Waals surface area contributed by atoms with Crippen LogP contribution in [0.5, 0.6) is 0 Å². The van der Waals surface area contributed by atoms with Crippen molar-refractivity contribution in [2.24, 2.45) is 0 Å². The van der Waals surface area contributed by atoms with Crippen LogP contribution in [0.15, 0.2) is 23.2 Å². The monoisotopic (exact) mass is 291 g/mol. The van der Waals surface area contributed by atoms with Gasteiger partial charge in [0.2, 0.25) is 0 Å². The quantitative estimate of drug-likeness (QED) is 0.620. The summed E-state index contributed by atoms with van der Waals surface area (Å²) in [7, 11) is 0. The van der Waals surface area contributed by atoms with Gasteiger partial charge in [-0.15, -0.1) is 6.08 Å². The van der Waals surface area contributed by atoms with Crippen LogP contribution in [0.3, 0.4) is 0 Å². The molecule has 1 unspecified atom stereocenters. The van der Waals surface area contributed by atoms with Crippen LogP contribution in [-0.4, -0.2) is 24.0 Å². The summed E-state index contributed by atoms with van der Waals surface area (Å²) >= 11 is 0. The van der Waals surface area contributed by atoms with Gasteiger partial charge in [0.25, 0.3) is 0 Å². The van der Waals surface area contributed by atoms with Gasteiger partial charge in [-0.1, -0.05) is 46.1 Å². The minimum absolute atomic E-state index is 0. The molecule has 2 rings (SSSR count). The molecule has 2 aliphatic rings. The first kappa shape index (κ1) is 14.5. The van der Waals surface area contributed by atoms with Crippen molar-refractivity contribution < 1.29 is 26.2 Å². The normalized spacial score (nSPS) is 26.4. The molecule has 1 radical (unpaired) electrons. The molecule has 0 bridgehead atoms. The van der Waals surface area contributed by atoms with E-state index in [0.29, 0.717) is 19.5 Å². The van der Waals surface area contributed by atoms with E-state index in [1.807, 2.05) is 0 Å². The Morgan fingerprint density at radius 1 is 1.38 bits per heavy atom. The van der Waals surface area contributed by atoms with Gasteiger partial charge in [-0.25, -0.2) is 12.3 Å². The van der Waals surface area contributed by atoms with Crippen LogP contribution in [0.1, 0.15) is 27.7 Å². The van der Waals surface area contributed by atoms with Gasteiger partial charge in [-0.3, -0.25) is 0 Å². The average molecular weight is 292 g/mol. The zero-order chi connectivity index (χ0) is 11.4. The summed E-state index contributed by atoms with van der Waals surface area (Å²) in [5.74, 6) is 0.666. The predicted octanol–water partition coefficient (Wildman–Crippen LogP) is 3.14. The smallest absolute Gasteiger partial charge is 0.186 e. The van der Waals surface area contributed by atoms with E-state index < -0.39 is 0 Å². The molecule has 0 amide bonds. The Hall–Kier alpha value is 0.453. The minimum Gasteiger partial charge on any atom is -0.535 e. The Balaban J connectivity index is 0.00000128. The third-order valence-corrected chi connectivity index (χ3v) is 3.85. The van der Waals surface area contributed by atoms with Gasteiger partial charge in [-0.05, 0) is 18.3 Å². The maximum Gasteiger partial charge on any atom is 0.186 e. The molecule has 0 aromatic heterocycles. The third kappa shape index (κ3) is 2.20. The van der Waals surface area contributed by atoms with Gasteiger partial charge in [0.15, 0.2) is 6.85 Å². The maximum absolute atomic E-state index is 2.65. The molecular formula is C12H21B2NZr-. The molecule has 0 spiro atoms. The van der Waals surface area contributed by atoms with E-state index in [4.69, 9.17) is 0 Å². The van der Waals surface area contributed by atoms with E-state index in [1.54, 1.807) is 5.47 Å². The second-order valence-corrected chi connectivity index (χ2v) is 6.08. The van der Waals surface area contributed by atoms with Crippen molar-refractivity contribution in [3.05, 3.63) is 23.2 Å². The summed E-state index contributed by atoms with van der Waals surface area (Å²) in [6, 6.07) is 0. The van der Waals surface area contributed by atoms with Crippen LogP contribution in [0.4, 0.5) is 0 Å². The first-order chi connectivity index (χ1) is 6.82. The SMILES string of the molecule is CB1C2C=C(C)C=C2[B-](C)N1C(C)(C)C.[Zr]. The zero-order valence-electron chi connectivity index (χ0n) is 11.3. The van der Waals surface area contributed by atoms with Gasteiger partial charge in [0, 0.05) is 26.2 Å². The van der Waals surface area contributed by atoms with Crippen LogP contribution in [-0.2, 0) is 26.2 Å². The Kier molecular flexibility index (Phi) is 4.18. The molecule has 0 N–H and O–H groups in total. The van der Waals surface area contributed by atoms with E-state index >= 15 is 0 Å². The number of hydrogen-bond donors (Lipinski definition) is 0. The van der Waals surface area contributed by atoms with Crippen molar-refractivity contribution in [1.82, 2.24) is 4.72 Å². The molecule has 1 heterocycles. The summed E-state index contributed by atoms with van der Waals surface area (Å²) in [5, 5.41) is 0. The Bertz CT molecular complexity index is 343. The van der Waals surface area contributed by atoms with Gasteiger partial charge in [0.1, 0.15) is 0 Å². The second kappa shape index (κ2) is 4.61. The second-order valence-electron chi connectivity index (χ2n) is 6.08. The number of allylic oxidation sites excluding steroid dienone is 4. The Morgan fingerprint density at radius 3 is 2.38 bits per heavy atom. The number of hydrogen-bond acceptors (Lipinski definition) is 1. The van der Waals surface area contributed by atoms with Crippen molar-refractivity contribution in [2.75, 3.05) is 0 Å². The first-order valence-electron chi connectivity index (χ1n) is 6.00. The van der Waals surface area contributed by atoms with Gasteiger partial charge < -0.3 is 4.72 Å². The van der Waals surface area contributed by atoms with Crippen molar-refractivity contribution in [3.8, 4) is 0 Å². The molecule has 1 nitrogen and oxygen atoms in total.